The summed E-state index contributed by atoms with van der Waals surface area (Å²) >= 11 is 0. The van der Waals surface area contributed by atoms with Gasteiger partial charge in [0, 0.05) is 18.3 Å². The Morgan fingerprint density at radius 1 is 1.47 bits per heavy atom. The molecule has 0 amide bonds. The topological polar surface area (TPSA) is 35.5 Å². The number of rotatable bonds is 3. The van der Waals surface area contributed by atoms with Gasteiger partial charge >= 0.3 is 5.97 Å². The van der Waals surface area contributed by atoms with E-state index in [1.54, 1.807) is 0 Å². The van der Waals surface area contributed by atoms with Crippen LogP contribution < -0.4 is 0 Å². The van der Waals surface area contributed by atoms with E-state index in [9.17, 15) is 4.79 Å². The molecule has 1 fully saturated rings. The van der Waals surface area contributed by atoms with E-state index in [0.717, 1.165) is 37.2 Å². The molecule has 3 atom stereocenters. The summed E-state index contributed by atoms with van der Waals surface area (Å²) in [7, 11) is 1.47. The van der Waals surface area contributed by atoms with Crippen LogP contribution in [0.4, 0.5) is 0 Å². The molecule has 0 N–H and O–H groups in total. The predicted molar refractivity (Wildman–Crippen MR) is 74.2 cm³/mol. The van der Waals surface area contributed by atoms with Gasteiger partial charge in [-0.15, -0.1) is 0 Å². The molecule has 1 aliphatic carbocycles. The van der Waals surface area contributed by atoms with Crippen molar-refractivity contribution in [3.8, 4) is 0 Å². The predicted octanol–water partition coefficient (Wildman–Crippen LogP) is 3.81. The van der Waals surface area contributed by atoms with Crippen LogP contribution in [0.3, 0.4) is 0 Å². The zero-order valence-corrected chi connectivity index (χ0v) is 12.4. The second-order valence-electron chi connectivity index (χ2n) is 5.65. The van der Waals surface area contributed by atoms with Crippen molar-refractivity contribution in [1.29, 1.82) is 0 Å². The summed E-state index contributed by atoms with van der Waals surface area (Å²) < 4.78 is 10.9. The zero-order valence-electron chi connectivity index (χ0n) is 12.4. The molecule has 3 unspecified atom stereocenters. The summed E-state index contributed by atoms with van der Waals surface area (Å²) in [6, 6.07) is 0. The molecular formula is C16H24O3. The van der Waals surface area contributed by atoms with E-state index >= 15 is 0 Å². The molecule has 3 heteroatoms. The lowest BCUT2D eigenvalue weighted by Gasteiger charge is -2.27. The molecule has 0 saturated heterocycles. The number of methoxy groups -OCH3 is 1. The van der Waals surface area contributed by atoms with Crippen molar-refractivity contribution in [3.63, 3.8) is 0 Å². The van der Waals surface area contributed by atoms with Crippen molar-refractivity contribution in [2.75, 3.05) is 7.11 Å². The van der Waals surface area contributed by atoms with Crippen molar-refractivity contribution in [1.82, 2.24) is 0 Å². The molecular weight excluding hydrogens is 240 g/mol. The van der Waals surface area contributed by atoms with Crippen LogP contribution in [0.15, 0.2) is 23.2 Å². The van der Waals surface area contributed by atoms with Gasteiger partial charge < -0.3 is 9.47 Å². The zero-order chi connectivity index (χ0) is 14.0. The minimum atomic E-state index is -0.0733. The number of carbonyl (C=O) groups is 1. The van der Waals surface area contributed by atoms with Gasteiger partial charge in [0.05, 0.1) is 18.8 Å². The summed E-state index contributed by atoms with van der Waals surface area (Å²) in [5, 5.41) is 0. The van der Waals surface area contributed by atoms with Crippen molar-refractivity contribution in [3.05, 3.63) is 23.2 Å². The van der Waals surface area contributed by atoms with Gasteiger partial charge in [0.1, 0.15) is 5.76 Å². The van der Waals surface area contributed by atoms with E-state index in [-0.39, 0.29) is 11.9 Å². The van der Waals surface area contributed by atoms with E-state index in [2.05, 4.69) is 26.8 Å². The average molecular weight is 264 g/mol. The van der Waals surface area contributed by atoms with Crippen molar-refractivity contribution in [2.45, 2.75) is 46.5 Å². The highest BCUT2D eigenvalue weighted by atomic mass is 16.5. The fourth-order valence-electron chi connectivity index (χ4n) is 3.08. The number of hydrogen-bond donors (Lipinski definition) is 0. The summed E-state index contributed by atoms with van der Waals surface area (Å²) in [5.41, 5.74) is 1.31. The van der Waals surface area contributed by atoms with Gasteiger partial charge in [-0.2, -0.15) is 0 Å². The maximum Gasteiger partial charge on any atom is 0.308 e. The van der Waals surface area contributed by atoms with E-state index in [1.165, 1.54) is 12.7 Å². The standard InChI is InChI=1S/C16H24O3/c1-5-14-8-10(2)11(3)15(19-14)12-6-7-13(9-12)16(17)18-4/h8,10,12-13H,5-7,9H2,1-4H3. The Bertz CT molecular complexity index is 420. The van der Waals surface area contributed by atoms with E-state index < -0.39 is 0 Å². The molecule has 0 aromatic rings. The largest absolute Gasteiger partial charge is 0.469 e. The molecule has 1 heterocycles. The molecule has 0 aromatic carbocycles. The van der Waals surface area contributed by atoms with Crippen LogP contribution in [0.2, 0.25) is 0 Å². The molecule has 0 radical (unpaired) electrons. The van der Waals surface area contributed by atoms with Crippen LogP contribution in [-0.2, 0) is 14.3 Å². The minimum Gasteiger partial charge on any atom is -0.469 e. The number of hydrogen-bond acceptors (Lipinski definition) is 3. The second kappa shape index (κ2) is 5.81. The Morgan fingerprint density at radius 2 is 2.21 bits per heavy atom. The lowest BCUT2D eigenvalue weighted by molar-refractivity contribution is -0.145. The third-order valence-electron chi connectivity index (χ3n) is 4.44. The van der Waals surface area contributed by atoms with Gasteiger partial charge in [0.2, 0.25) is 0 Å². The van der Waals surface area contributed by atoms with Crippen molar-refractivity contribution < 1.29 is 14.3 Å². The minimum absolute atomic E-state index is 0.0465. The molecule has 1 aliphatic heterocycles. The number of carbonyl (C=O) groups excluding carboxylic acids is 1. The van der Waals surface area contributed by atoms with Gasteiger partial charge in [0.25, 0.3) is 0 Å². The quantitative estimate of drug-likeness (QED) is 0.727. The fourth-order valence-corrected chi connectivity index (χ4v) is 3.08. The molecule has 106 valence electrons. The molecule has 2 aliphatic rings. The van der Waals surface area contributed by atoms with E-state index in [1.807, 2.05) is 0 Å². The molecule has 19 heavy (non-hydrogen) atoms. The average Bonchev–Trinajstić information content (AvgIpc) is 2.90. The van der Waals surface area contributed by atoms with Crippen LogP contribution >= 0.6 is 0 Å². The molecule has 0 bridgehead atoms. The van der Waals surface area contributed by atoms with Crippen LogP contribution in [0.5, 0.6) is 0 Å². The SMILES string of the molecule is CCC1=CC(C)C(C)=C(C2CCC(C(=O)OC)C2)O1. The molecule has 0 aromatic heterocycles. The molecule has 1 saturated carbocycles. The number of esters is 1. The Kier molecular flexibility index (Phi) is 4.33. The van der Waals surface area contributed by atoms with E-state index in [4.69, 9.17) is 9.47 Å². The summed E-state index contributed by atoms with van der Waals surface area (Å²) in [6.45, 7) is 6.47. The lowest BCUT2D eigenvalue weighted by Crippen LogP contribution is -2.16. The van der Waals surface area contributed by atoms with Gasteiger partial charge in [-0.25, -0.2) is 0 Å². The Morgan fingerprint density at radius 3 is 2.84 bits per heavy atom. The monoisotopic (exact) mass is 264 g/mol. The summed E-state index contributed by atoms with van der Waals surface area (Å²) in [6.07, 6.45) is 5.93. The van der Waals surface area contributed by atoms with Crippen molar-refractivity contribution in [2.24, 2.45) is 17.8 Å². The highest BCUT2D eigenvalue weighted by molar-refractivity contribution is 5.72. The maximum atomic E-state index is 11.6. The second-order valence-corrected chi connectivity index (χ2v) is 5.65. The fraction of sp³-hybridized carbons (Fsp3) is 0.688. The first-order valence-corrected chi connectivity index (χ1v) is 7.23. The van der Waals surface area contributed by atoms with Crippen molar-refractivity contribution >= 4 is 5.97 Å². The third kappa shape index (κ3) is 2.85. The highest BCUT2D eigenvalue weighted by Crippen LogP contribution is 2.41. The third-order valence-corrected chi connectivity index (χ3v) is 4.44. The molecule has 0 spiro atoms. The molecule has 3 nitrogen and oxygen atoms in total. The first-order chi connectivity index (χ1) is 9.06. The lowest BCUT2D eigenvalue weighted by atomic mass is 9.91. The smallest absolute Gasteiger partial charge is 0.308 e. The number of allylic oxidation sites excluding steroid dienone is 4. The van der Waals surface area contributed by atoms with Crippen LogP contribution in [0.25, 0.3) is 0 Å². The first kappa shape index (κ1) is 14.2. The van der Waals surface area contributed by atoms with Gasteiger partial charge in [-0.3, -0.25) is 4.79 Å². The van der Waals surface area contributed by atoms with Gasteiger partial charge in [0.15, 0.2) is 0 Å². The maximum absolute atomic E-state index is 11.6. The summed E-state index contributed by atoms with van der Waals surface area (Å²) in [4.78, 5) is 11.6. The van der Waals surface area contributed by atoms with Gasteiger partial charge in [-0.05, 0) is 37.8 Å². The van der Waals surface area contributed by atoms with E-state index in [0.29, 0.717) is 11.8 Å². The number of ether oxygens (including phenoxy) is 2. The Balaban J connectivity index is 2.10. The van der Waals surface area contributed by atoms with Crippen LogP contribution in [0.1, 0.15) is 46.5 Å². The molecule has 2 rings (SSSR count). The van der Waals surface area contributed by atoms with Crippen LogP contribution in [0, 0.1) is 17.8 Å². The normalized spacial score (nSPS) is 30.9. The Hall–Kier alpha value is -1.25. The van der Waals surface area contributed by atoms with Crippen LogP contribution in [-0.4, -0.2) is 13.1 Å². The summed E-state index contributed by atoms with van der Waals surface area (Å²) in [5.74, 6) is 2.96. The van der Waals surface area contributed by atoms with Gasteiger partial charge in [-0.1, -0.05) is 13.8 Å². The Labute approximate surface area is 115 Å². The highest BCUT2D eigenvalue weighted by Gasteiger charge is 2.35. The first-order valence-electron chi connectivity index (χ1n) is 7.23.